The standard InChI is InChI=1S/C18H24N6O2/c1-5-8-26-14-7-6-12(9-15(14)25-4)11(2)21-18-22-16(19)13-10-20-24(3)17(13)23-18/h6-7,9-11H,5,8H2,1-4H3,(H3,19,21,22,23). The van der Waals surface area contributed by atoms with Crippen molar-refractivity contribution in [3.8, 4) is 11.5 Å². The smallest absolute Gasteiger partial charge is 0.227 e. The summed E-state index contributed by atoms with van der Waals surface area (Å²) in [6, 6.07) is 5.82. The molecule has 0 aliphatic heterocycles. The van der Waals surface area contributed by atoms with Gasteiger partial charge in [-0.15, -0.1) is 0 Å². The van der Waals surface area contributed by atoms with Gasteiger partial charge in [-0.05, 0) is 31.0 Å². The van der Waals surface area contributed by atoms with Crippen molar-refractivity contribution in [2.45, 2.75) is 26.3 Å². The Bertz CT molecular complexity index is 908. The number of methoxy groups -OCH3 is 1. The van der Waals surface area contributed by atoms with E-state index >= 15 is 0 Å². The molecule has 8 nitrogen and oxygen atoms in total. The van der Waals surface area contributed by atoms with Gasteiger partial charge in [0.05, 0.1) is 31.3 Å². The molecule has 0 bridgehead atoms. The molecule has 1 unspecified atom stereocenters. The summed E-state index contributed by atoms with van der Waals surface area (Å²) < 4.78 is 12.8. The molecule has 26 heavy (non-hydrogen) atoms. The van der Waals surface area contributed by atoms with Crippen molar-refractivity contribution in [1.82, 2.24) is 19.7 Å². The van der Waals surface area contributed by atoms with E-state index < -0.39 is 0 Å². The minimum absolute atomic E-state index is 0.0470. The van der Waals surface area contributed by atoms with Crippen LogP contribution >= 0.6 is 0 Å². The molecule has 0 amide bonds. The molecule has 0 radical (unpaired) electrons. The van der Waals surface area contributed by atoms with Crippen molar-refractivity contribution in [1.29, 1.82) is 0 Å². The summed E-state index contributed by atoms with van der Waals surface area (Å²) in [5, 5.41) is 8.19. The van der Waals surface area contributed by atoms with Crippen molar-refractivity contribution in [3.05, 3.63) is 30.0 Å². The van der Waals surface area contributed by atoms with E-state index in [0.29, 0.717) is 29.8 Å². The Morgan fingerprint density at radius 1 is 1.27 bits per heavy atom. The second kappa shape index (κ2) is 7.47. The third-order valence-corrected chi connectivity index (χ3v) is 4.12. The summed E-state index contributed by atoms with van der Waals surface area (Å²) in [5.41, 5.74) is 7.73. The van der Waals surface area contributed by atoms with Crippen LogP contribution in [0.2, 0.25) is 0 Å². The van der Waals surface area contributed by atoms with Crippen LogP contribution in [0, 0.1) is 0 Å². The van der Waals surface area contributed by atoms with Gasteiger partial charge >= 0.3 is 0 Å². The number of aromatic nitrogens is 4. The second-order valence-corrected chi connectivity index (χ2v) is 6.06. The van der Waals surface area contributed by atoms with E-state index in [4.69, 9.17) is 15.2 Å². The van der Waals surface area contributed by atoms with Crippen LogP contribution in [0.25, 0.3) is 11.0 Å². The van der Waals surface area contributed by atoms with E-state index in [-0.39, 0.29) is 6.04 Å². The van der Waals surface area contributed by atoms with E-state index in [1.807, 2.05) is 32.2 Å². The van der Waals surface area contributed by atoms with E-state index in [2.05, 4.69) is 27.3 Å². The molecule has 8 heteroatoms. The number of nitrogens with two attached hydrogens (primary N) is 1. The highest BCUT2D eigenvalue weighted by Gasteiger charge is 2.14. The number of benzene rings is 1. The van der Waals surface area contributed by atoms with Crippen molar-refractivity contribution in [3.63, 3.8) is 0 Å². The number of nitrogens with one attached hydrogen (secondary N) is 1. The van der Waals surface area contributed by atoms with Gasteiger partial charge in [0.25, 0.3) is 0 Å². The fourth-order valence-corrected chi connectivity index (χ4v) is 2.67. The van der Waals surface area contributed by atoms with Crippen molar-refractivity contribution >= 4 is 22.8 Å². The van der Waals surface area contributed by atoms with Gasteiger partial charge in [-0.1, -0.05) is 13.0 Å². The summed E-state index contributed by atoms with van der Waals surface area (Å²) >= 11 is 0. The first-order valence-corrected chi connectivity index (χ1v) is 8.56. The Morgan fingerprint density at radius 3 is 2.81 bits per heavy atom. The molecule has 3 aromatic rings. The third kappa shape index (κ3) is 3.49. The minimum atomic E-state index is -0.0470. The highest BCUT2D eigenvalue weighted by molar-refractivity contribution is 5.86. The van der Waals surface area contributed by atoms with Crippen LogP contribution in [0.4, 0.5) is 11.8 Å². The molecule has 3 rings (SSSR count). The molecule has 0 spiro atoms. The number of ether oxygens (including phenoxy) is 2. The largest absolute Gasteiger partial charge is 0.493 e. The van der Waals surface area contributed by atoms with Gasteiger partial charge in [0.15, 0.2) is 17.1 Å². The first-order chi connectivity index (χ1) is 12.5. The quantitative estimate of drug-likeness (QED) is 0.671. The van der Waals surface area contributed by atoms with E-state index in [9.17, 15) is 0 Å². The molecule has 0 aliphatic rings. The van der Waals surface area contributed by atoms with Crippen molar-refractivity contribution in [2.24, 2.45) is 7.05 Å². The lowest BCUT2D eigenvalue weighted by Gasteiger charge is -2.17. The average molecular weight is 356 g/mol. The van der Waals surface area contributed by atoms with Crippen molar-refractivity contribution in [2.75, 3.05) is 24.8 Å². The number of hydrogen-bond acceptors (Lipinski definition) is 7. The van der Waals surface area contributed by atoms with Gasteiger partial charge in [-0.25, -0.2) is 0 Å². The molecule has 2 aromatic heterocycles. The molecule has 1 aromatic carbocycles. The zero-order valence-electron chi connectivity index (χ0n) is 15.5. The summed E-state index contributed by atoms with van der Waals surface area (Å²) in [7, 11) is 3.46. The second-order valence-electron chi connectivity index (χ2n) is 6.06. The van der Waals surface area contributed by atoms with E-state index in [1.165, 1.54) is 0 Å². The zero-order valence-corrected chi connectivity index (χ0v) is 15.5. The first kappa shape index (κ1) is 17.8. The van der Waals surface area contributed by atoms with Crippen LogP contribution in [-0.2, 0) is 7.05 Å². The Morgan fingerprint density at radius 2 is 2.08 bits per heavy atom. The fourth-order valence-electron chi connectivity index (χ4n) is 2.67. The lowest BCUT2D eigenvalue weighted by molar-refractivity contribution is 0.294. The Kier molecular flexibility index (Phi) is 5.11. The van der Waals surface area contributed by atoms with Crippen LogP contribution in [0.1, 0.15) is 31.9 Å². The third-order valence-electron chi connectivity index (χ3n) is 4.12. The number of nitrogens with zero attached hydrogens (tertiary/aromatic N) is 4. The monoisotopic (exact) mass is 356 g/mol. The maximum atomic E-state index is 6.02. The van der Waals surface area contributed by atoms with Gasteiger partial charge in [0.2, 0.25) is 5.95 Å². The molecular weight excluding hydrogens is 332 g/mol. The zero-order chi connectivity index (χ0) is 18.7. The fraction of sp³-hybridized carbons (Fsp3) is 0.389. The molecule has 1 atom stereocenters. The van der Waals surface area contributed by atoms with Gasteiger partial charge < -0.3 is 20.5 Å². The number of aryl methyl sites for hydroxylation is 1. The SMILES string of the molecule is CCCOc1ccc(C(C)Nc2nc(N)c3cnn(C)c3n2)cc1OC. The number of fused-ring (bicyclic) bond motifs is 1. The summed E-state index contributed by atoms with van der Waals surface area (Å²) in [6.07, 6.45) is 2.61. The van der Waals surface area contributed by atoms with Gasteiger partial charge in [0, 0.05) is 7.05 Å². The van der Waals surface area contributed by atoms with Gasteiger partial charge in [-0.2, -0.15) is 15.1 Å². The molecule has 138 valence electrons. The van der Waals surface area contributed by atoms with Gasteiger partial charge in [0.1, 0.15) is 5.82 Å². The molecular formula is C18H24N6O2. The predicted molar refractivity (Wildman–Crippen MR) is 102 cm³/mol. The topological polar surface area (TPSA) is 100 Å². The summed E-state index contributed by atoms with van der Waals surface area (Å²) in [4.78, 5) is 8.83. The van der Waals surface area contributed by atoms with Crippen LogP contribution in [0.3, 0.4) is 0 Å². The Labute approximate surface area is 152 Å². The van der Waals surface area contributed by atoms with E-state index in [1.54, 1.807) is 18.0 Å². The van der Waals surface area contributed by atoms with Crippen LogP contribution in [0.5, 0.6) is 11.5 Å². The molecule has 0 saturated heterocycles. The molecule has 2 heterocycles. The Balaban J connectivity index is 1.83. The molecule has 0 fully saturated rings. The van der Waals surface area contributed by atoms with Gasteiger partial charge in [-0.3, -0.25) is 4.68 Å². The lowest BCUT2D eigenvalue weighted by Crippen LogP contribution is -2.11. The first-order valence-electron chi connectivity index (χ1n) is 8.56. The predicted octanol–water partition coefficient (Wildman–Crippen LogP) is 2.92. The summed E-state index contributed by atoms with van der Waals surface area (Å²) in [6.45, 7) is 4.74. The van der Waals surface area contributed by atoms with Crippen LogP contribution in [-0.4, -0.2) is 33.5 Å². The maximum Gasteiger partial charge on any atom is 0.227 e. The number of anilines is 2. The normalized spacial score (nSPS) is 12.2. The van der Waals surface area contributed by atoms with Crippen LogP contribution in [0.15, 0.2) is 24.4 Å². The van der Waals surface area contributed by atoms with Crippen LogP contribution < -0.4 is 20.5 Å². The molecule has 0 aliphatic carbocycles. The highest BCUT2D eigenvalue weighted by atomic mass is 16.5. The maximum absolute atomic E-state index is 6.02. The lowest BCUT2D eigenvalue weighted by atomic mass is 10.1. The Hall–Kier alpha value is -3.03. The number of rotatable bonds is 7. The summed E-state index contributed by atoms with van der Waals surface area (Å²) in [5.74, 6) is 2.30. The minimum Gasteiger partial charge on any atom is -0.493 e. The van der Waals surface area contributed by atoms with E-state index in [0.717, 1.165) is 23.1 Å². The number of hydrogen-bond donors (Lipinski definition) is 2. The highest BCUT2D eigenvalue weighted by Crippen LogP contribution is 2.31. The molecule has 0 saturated carbocycles. The average Bonchev–Trinajstić information content (AvgIpc) is 3.01. The molecule has 3 N–H and O–H groups in total. The van der Waals surface area contributed by atoms with Crippen molar-refractivity contribution < 1.29 is 9.47 Å². The number of nitrogen functional groups attached to an aromatic ring is 1.